The molecule has 0 radical (unpaired) electrons. The van der Waals surface area contributed by atoms with E-state index in [1.807, 2.05) is 6.92 Å². The van der Waals surface area contributed by atoms with Gasteiger partial charge < -0.3 is 29.5 Å². The zero-order valence-electron chi connectivity index (χ0n) is 22.6. The van der Waals surface area contributed by atoms with Gasteiger partial charge in [0.15, 0.2) is 0 Å². The third-order valence-electron chi connectivity index (χ3n) is 4.62. The highest BCUT2D eigenvalue weighted by Gasteiger charge is 2.03. The molecule has 0 amide bonds. The number of terminal acetylenes is 1. The van der Waals surface area contributed by atoms with Gasteiger partial charge in [0.2, 0.25) is 0 Å². The summed E-state index contributed by atoms with van der Waals surface area (Å²) in [6.45, 7) is 16.3. The van der Waals surface area contributed by atoms with E-state index in [1.165, 1.54) is 22.3 Å². The lowest BCUT2D eigenvalue weighted by atomic mass is 10.0. The number of hydrogen-bond donors (Lipinski definition) is 3. The zero-order valence-corrected chi connectivity index (χ0v) is 22.6. The predicted molar refractivity (Wildman–Crippen MR) is 156 cm³/mol. The van der Waals surface area contributed by atoms with E-state index in [4.69, 9.17) is 31.2 Å². The predicted octanol–water partition coefficient (Wildman–Crippen LogP) is 5.34. The smallest absolute Gasteiger partial charge is 0.107 e. The van der Waals surface area contributed by atoms with Crippen molar-refractivity contribution in [1.82, 2.24) is 0 Å². The van der Waals surface area contributed by atoms with Crippen LogP contribution in [-0.2, 0) is 14.2 Å². The minimum absolute atomic E-state index is 0. The lowest BCUT2D eigenvalue weighted by molar-refractivity contribution is 0.107. The van der Waals surface area contributed by atoms with Crippen LogP contribution in [-0.4, -0.2) is 74.8 Å². The van der Waals surface area contributed by atoms with Crippen molar-refractivity contribution in [3.8, 4) is 12.3 Å². The van der Waals surface area contributed by atoms with Gasteiger partial charge in [0.05, 0.1) is 52.9 Å². The Morgan fingerprint density at radius 3 is 1.86 bits per heavy atom. The molecule has 0 unspecified atom stereocenters. The average Bonchev–Trinajstić information content (AvgIpc) is 2.87. The summed E-state index contributed by atoms with van der Waals surface area (Å²) in [7, 11) is 0. The summed E-state index contributed by atoms with van der Waals surface area (Å²) in [6, 6.07) is 0. The second-order valence-corrected chi connectivity index (χ2v) is 8.23. The van der Waals surface area contributed by atoms with Crippen molar-refractivity contribution in [1.29, 1.82) is 0 Å². The highest BCUT2D eigenvalue weighted by Crippen LogP contribution is 2.18. The molecule has 2 aliphatic rings. The minimum atomic E-state index is 0. The van der Waals surface area contributed by atoms with Crippen LogP contribution in [0.25, 0.3) is 0 Å². The van der Waals surface area contributed by atoms with Gasteiger partial charge in [-0.25, -0.2) is 0 Å². The van der Waals surface area contributed by atoms with Crippen LogP contribution in [0.4, 0.5) is 0 Å². The number of aliphatic hydroxyl groups is 3. The maximum absolute atomic E-state index is 8.49. The van der Waals surface area contributed by atoms with Gasteiger partial charge in [0.25, 0.3) is 0 Å². The first kappa shape index (κ1) is 39.3. The molecule has 3 N–H and O–H groups in total. The van der Waals surface area contributed by atoms with E-state index in [2.05, 4.69) is 62.0 Å². The van der Waals surface area contributed by atoms with E-state index in [1.54, 1.807) is 6.08 Å². The normalized spacial score (nSPS) is 13.5. The summed E-state index contributed by atoms with van der Waals surface area (Å²) < 4.78 is 15.1. The molecule has 6 heteroatoms. The van der Waals surface area contributed by atoms with Gasteiger partial charge in [-0.1, -0.05) is 73.6 Å². The molecule has 0 heterocycles. The summed E-state index contributed by atoms with van der Waals surface area (Å²) in [6.07, 6.45) is 19.5. The summed E-state index contributed by atoms with van der Waals surface area (Å²) >= 11 is 0. The first-order valence-corrected chi connectivity index (χ1v) is 12.3. The van der Waals surface area contributed by atoms with Gasteiger partial charge in [-0.05, 0) is 57.6 Å². The lowest BCUT2D eigenvalue weighted by Crippen LogP contribution is -2.05. The highest BCUT2D eigenvalue weighted by molar-refractivity contribution is 5.21. The van der Waals surface area contributed by atoms with Crippen LogP contribution in [0.5, 0.6) is 0 Å². The lowest BCUT2D eigenvalue weighted by Gasteiger charge is -2.12. The number of rotatable bonds is 12. The van der Waals surface area contributed by atoms with Crippen LogP contribution in [0.2, 0.25) is 0 Å². The van der Waals surface area contributed by atoms with Gasteiger partial charge >= 0.3 is 0 Å². The Hall–Kier alpha value is -2.24. The molecule has 0 saturated carbocycles. The number of allylic oxidation sites excluding steroid dienone is 8. The van der Waals surface area contributed by atoms with Crippen LogP contribution in [0, 0.1) is 12.3 Å². The molecule has 0 bridgehead atoms. The van der Waals surface area contributed by atoms with Crippen molar-refractivity contribution in [2.45, 2.75) is 53.9 Å². The molecule has 2 aliphatic carbocycles. The molecule has 212 valence electrons. The van der Waals surface area contributed by atoms with E-state index in [9.17, 15) is 0 Å². The Bertz CT molecular complexity index is 737. The molecule has 2 rings (SSSR count). The second kappa shape index (κ2) is 30.0. The summed E-state index contributed by atoms with van der Waals surface area (Å²) in [5.74, 6) is 2.27. The Kier molecular flexibility index (Phi) is 31.8. The molecule has 37 heavy (non-hydrogen) atoms. The van der Waals surface area contributed by atoms with Crippen LogP contribution in [0.1, 0.15) is 53.9 Å². The van der Waals surface area contributed by atoms with Crippen molar-refractivity contribution in [2.24, 2.45) is 0 Å². The standard InChI is InChI=1S/2C10H16O2.C5H8O2.C5H8.CH4/c1-9-2-4-10(5-3-9)8-12-7-6-11;1-9-3-2-4-10(7-9)8-12-6-5-11;1-2-4-7-5-3-6;1-4-5(2)3;/h2,5,11H,3-4,6-8H2,1H3;3-4,11H,2,5-8H2,1H3;1,6H,3-5H2;4H,1-2H2,3H3;1H4. The third-order valence-corrected chi connectivity index (χ3v) is 4.62. The number of hydrogen-bond acceptors (Lipinski definition) is 6. The van der Waals surface area contributed by atoms with Crippen LogP contribution >= 0.6 is 0 Å². The van der Waals surface area contributed by atoms with E-state index < -0.39 is 0 Å². The van der Waals surface area contributed by atoms with E-state index in [-0.39, 0.29) is 27.2 Å². The fourth-order valence-corrected chi connectivity index (χ4v) is 2.67. The van der Waals surface area contributed by atoms with Crippen molar-refractivity contribution < 1.29 is 29.5 Å². The maximum atomic E-state index is 8.49. The zero-order chi connectivity index (χ0) is 27.4. The minimum Gasteiger partial charge on any atom is -0.394 e. The van der Waals surface area contributed by atoms with E-state index in [0.29, 0.717) is 39.6 Å². The Labute approximate surface area is 226 Å². The van der Waals surface area contributed by atoms with Crippen LogP contribution in [0.3, 0.4) is 0 Å². The van der Waals surface area contributed by atoms with Crippen molar-refractivity contribution in [3.63, 3.8) is 0 Å². The second-order valence-electron chi connectivity index (χ2n) is 8.23. The van der Waals surface area contributed by atoms with Gasteiger partial charge in [0, 0.05) is 0 Å². The number of ether oxygens (including phenoxy) is 3. The third kappa shape index (κ3) is 29.9. The molecule has 0 saturated heterocycles. The Balaban J connectivity index is -0.000000437. The fraction of sp³-hybridized carbons (Fsp3) is 0.548. The van der Waals surface area contributed by atoms with Crippen LogP contribution < -0.4 is 0 Å². The first-order valence-electron chi connectivity index (χ1n) is 12.3. The largest absolute Gasteiger partial charge is 0.394 e. The van der Waals surface area contributed by atoms with Gasteiger partial charge in [-0.2, -0.15) is 0 Å². The topological polar surface area (TPSA) is 88.4 Å². The molecular weight excluding hydrogens is 468 g/mol. The summed E-state index contributed by atoms with van der Waals surface area (Å²) in [5, 5.41) is 25.1. The Morgan fingerprint density at radius 1 is 0.892 bits per heavy atom. The molecule has 6 nitrogen and oxygen atoms in total. The summed E-state index contributed by atoms with van der Waals surface area (Å²) in [5.41, 5.74) is 6.53. The van der Waals surface area contributed by atoms with Gasteiger partial charge in [-0.15, -0.1) is 6.42 Å². The summed E-state index contributed by atoms with van der Waals surface area (Å²) in [4.78, 5) is 0. The monoisotopic (exact) mass is 520 g/mol. The number of aliphatic hydroxyl groups excluding tert-OH is 3. The SMILES string of the molecule is C.C#CCOCCO.C=CC(=C)C.CC1=CCC(COCCO)=CC1.CC1=CCC=C(COCCO)C1. The first-order chi connectivity index (χ1) is 17.3. The van der Waals surface area contributed by atoms with Crippen molar-refractivity contribution in [3.05, 3.63) is 71.4 Å². The molecule has 0 aromatic heterocycles. The highest BCUT2D eigenvalue weighted by atomic mass is 16.5. The molecule has 0 aromatic rings. The molecule has 0 spiro atoms. The fourth-order valence-electron chi connectivity index (χ4n) is 2.67. The maximum Gasteiger partial charge on any atom is 0.107 e. The average molecular weight is 521 g/mol. The van der Waals surface area contributed by atoms with Crippen LogP contribution in [0.15, 0.2) is 71.4 Å². The van der Waals surface area contributed by atoms with Gasteiger partial charge in [0.1, 0.15) is 6.61 Å². The van der Waals surface area contributed by atoms with Crippen molar-refractivity contribution in [2.75, 3.05) is 59.5 Å². The van der Waals surface area contributed by atoms with E-state index >= 15 is 0 Å². The molecule has 0 aromatic carbocycles. The molecule has 0 aliphatic heterocycles. The van der Waals surface area contributed by atoms with Crippen molar-refractivity contribution >= 4 is 0 Å². The molecule has 0 atom stereocenters. The van der Waals surface area contributed by atoms with E-state index in [0.717, 1.165) is 31.3 Å². The van der Waals surface area contributed by atoms with Gasteiger partial charge in [-0.3, -0.25) is 0 Å². The quantitative estimate of drug-likeness (QED) is 0.139. The molecular formula is C31H52O6. The Morgan fingerprint density at radius 2 is 1.43 bits per heavy atom. The molecule has 0 fully saturated rings.